The van der Waals surface area contributed by atoms with E-state index in [0.29, 0.717) is 27.7 Å². The summed E-state index contributed by atoms with van der Waals surface area (Å²) < 4.78 is 5.36. The third kappa shape index (κ3) is 4.48. The number of esters is 1. The summed E-state index contributed by atoms with van der Waals surface area (Å²) in [5, 5.41) is 11.6. The van der Waals surface area contributed by atoms with E-state index in [9.17, 15) is 19.7 Å². The number of hydrogen-bond acceptors (Lipinski definition) is 6. The van der Waals surface area contributed by atoms with Crippen molar-refractivity contribution in [2.24, 2.45) is 0 Å². The van der Waals surface area contributed by atoms with Crippen LogP contribution in [0, 0.1) is 24.0 Å². The van der Waals surface area contributed by atoms with Crippen LogP contribution in [0.1, 0.15) is 31.8 Å². The summed E-state index contributed by atoms with van der Waals surface area (Å²) in [6, 6.07) is 20.4. The molecule has 0 saturated heterocycles. The minimum absolute atomic E-state index is 0.105. The fourth-order valence-corrected chi connectivity index (χ4v) is 3.64. The highest BCUT2D eigenvalue weighted by atomic mass is 16.6. The van der Waals surface area contributed by atoms with Gasteiger partial charge in [0.15, 0.2) is 6.61 Å². The molecule has 1 heterocycles. The Labute approximate surface area is 189 Å². The van der Waals surface area contributed by atoms with E-state index in [2.05, 4.69) is 0 Å². The Morgan fingerprint density at radius 3 is 2.42 bits per heavy atom. The number of ether oxygens (including phenoxy) is 1. The third-order valence-corrected chi connectivity index (χ3v) is 5.38. The predicted molar refractivity (Wildman–Crippen MR) is 124 cm³/mol. The van der Waals surface area contributed by atoms with Crippen LogP contribution in [0.2, 0.25) is 0 Å². The predicted octanol–water partition coefficient (Wildman–Crippen LogP) is 5.47. The molecule has 3 aromatic carbocycles. The number of aryl methyl sites for hydroxylation is 1. The Bertz CT molecular complexity index is 1390. The minimum Gasteiger partial charge on any atom is -0.454 e. The highest BCUT2D eigenvalue weighted by Crippen LogP contribution is 2.30. The maximum atomic E-state index is 13.1. The molecule has 1 aromatic heterocycles. The molecule has 4 aromatic rings. The molecule has 0 atom stereocenters. The van der Waals surface area contributed by atoms with Crippen molar-refractivity contribution in [2.75, 3.05) is 6.61 Å². The van der Waals surface area contributed by atoms with Crippen LogP contribution in [0.25, 0.3) is 22.2 Å². The summed E-state index contributed by atoms with van der Waals surface area (Å²) in [4.78, 5) is 40.8. The Kier molecular flexibility index (Phi) is 5.95. The second kappa shape index (κ2) is 9.00. The van der Waals surface area contributed by atoms with Gasteiger partial charge >= 0.3 is 5.97 Å². The molecule has 7 heteroatoms. The van der Waals surface area contributed by atoms with Crippen molar-refractivity contribution in [3.05, 3.63) is 105 Å². The Morgan fingerprint density at radius 2 is 1.70 bits per heavy atom. The van der Waals surface area contributed by atoms with Gasteiger partial charge in [0.1, 0.15) is 0 Å². The van der Waals surface area contributed by atoms with E-state index in [4.69, 9.17) is 9.72 Å². The molecule has 0 fully saturated rings. The summed E-state index contributed by atoms with van der Waals surface area (Å²) in [7, 11) is 0. The van der Waals surface area contributed by atoms with Crippen LogP contribution >= 0.6 is 0 Å². The van der Waals surface area contributed by atoms with E-state index < -0.39 is 23.3 Å². The first-order valence-electron chi connectivity index (χ1n) is 10.3. The maximum absolute atomic E-state index is 13.1. The zero-order chi connectivity index (χ0) is 23.5. The standard InChI is InChI=1S/C26H20N2O5/c1-16-10-12-18(13-11-16)25-17(2)24(21-8-3-4-9-22(21)27-25)26(30)33-15-23(29)19-6-5-7-20(14-19)28(31)32/h3-14H,15H2,1-2H3. The van der Waals surface area contributed by atoms with Gasteiger partial charge in [-0.05, 0) is 25.5 Å². The van der Waals surface area contributed by atoms with E-state index in [1.165, 1.54) is 24.3 Å². The SMILES string of the molecule is Cc1ccc(-c2nc3ccccc3c(C(=O)OCC(=O)c3cccc([N+](=O)[O-])c3)c2C)cc1. The van der Waals surface area contributed by atoms with Crippen molar-refractivity contribution >= 4 is 28.3 Å². The van der Waals surface area contributed by atoms with Crippen LogP contribution in [0.4, 0.5) is 5.69 Å². The van der Waals surface area contributed by atoms with Gasteiger partial charge in [0.25, 0.3) is 5.69 Å². The highest BCUT2D eigenvalue weighted by molar-refractivity contribution is 6.07. The molecule has 0 radical (unpaired) electrons. The van der Waals surface area contributed by atoms with E-state index >= 15 is 0 Å². The van der Waals surface area contributed by atoms with Crippen LogP contribution < -0.4 is 0 Å². The normalized spacial score (nSPS) is 10.7. The fourth-order valence-electron chi connectivity index (χ4n) is 3.64. The molecule has 0 unspecified atom stereocenters. The van der Waals surface area contributed by atoms with Gasteiger partial charge in [0.2, 0.25) is 5.78 Å². The van der Waals surface area contributed by atoms with E-state index in [1.807, 2.05) is 43.3 Å². The molecule has 0 amide bonds. The second-order valence-corrected chi connectivity index (χ2v) is 7.65. The third-order valence-electron chi connectivity index (χ3n) is 5.38. The van der Waals surface area contributed by atoms with Crippen molar-refractivity contribution in [1.29, 1.82) is 0 Å². The Balaban J connectivity index is 1.67. The van der Waals surface area contributed by atoms with Gasteiger partial charge < -0.3 is 4.74 Å². The lowest BCUT2D eigenvalue weighted by atomic mass is 9.97. The van der Waals surface area contributed by atoms with Gasteiger partial charge in [0, 0.05) is 28.6 Å². The number of Topliss-reactive ketones (excluding diaryl/α,β-unsaturated/α-hetero) is 1. The summed E-state index contributed by atoms with van der Waals surface area (Å²) >= 11 is 0. The first-order chi connectivity index (χ1) is 15.8. The summed E-state index contributed by atoms with van der Waals surface area (Å²) in [5.41, 5.74) is 4.15. The molecule has 0 aliphatic rings. The molecule has 7 nitrogen and oxygen atoms in total. The minimum atomic E-state index is -0.654. The highest BCUT2D eigenvalue weighted by Gasteiger charge is 2.21. The van der Waals surface area contributed by atoms with Crippen LogP contribution in [-0.4, -0.2) is 28.3 Å². The van der Waals surface area contributed by atoms with Crippen LogP contribution in [0.15, 0.2) is 72.8 Å². The lowest BCUT2D eigenvalue weighted by molar-refractivity contribution is -0.384. The van der Waals surface area contributed by atoms with Gasteiger partial charge in [0.05, 0.1) is 21.7 Å². The summed E-state index contributed by atoms with van der Waals surface area (Å²) in [6.07, 6.45) is 0. The number of aromatic nitrogens is 1. The quantitative estimate of drug-likeness (QED) is 0.171. The van der Waals surface area contributed by atoms with Crippen LogP contribution in [-0.2, 0) is 4.74 Å². The number of pyridine rings is 1. The molecular formula is C26H20N2O5. The number of nitrogens with zero attached hydrogens (tertiary/aromatic N) is 2. The number of rotatable bonds is 6. The molecule has 33 heavy (non-hydrogen) atoms. The van der Waals surface area contributed by atoms with Crippen molar-refractivity contribution in [2.45, 2.75) is 13.8 Å². The lowest BCUT2D eigenvalue weighted by Gasteiger charge is -2.14. The average Bonchev–Trinajstić information content (AvgIpc) is 2.82. The van der Waals surface area contributed by atoms with Gasteiger partial charge in [-0.3, -0.25) is 14.9 Å². The smallest absolute Gasteiger partial charge is 0.339 e. The van der Waals surface area contributed by atoms with Gasteiger partial charge in [-0.1, -0.05) is 60.2 Å². The number of non-ortho nitro benzene ring substituents is 1. The lowest BCUT2D eigenvalue weighted by Crippen LogP contribution is -2.16. The molecule has 4 rings (SSSR count). The molecule has 0 N–H and O–H groups in total. The fraction of sp³-hybridized carbons (Fsp3) is 0.115. The van der Waals surface area contributed by atoms with Crippen molar-refractivity contribution < 1.29 is 19.2 Å². The molecule has 0 aliphatic carbocycles. The molecule has 0 saturated carbocycles. The topological polar surface area (TPSA) is 99.4 Å². The largest absolute Gasteiger partial charge is 0.454 e. The number of carbonyl (C=O) groups excluding carboxylic acids is 2. The average molecular weight is 440 g/mol. The van der Waals surface area contributed by atoms with Gasteiger partial charge in [-0.15, -0.1) is 0 Å². The Hall–Kier alpha value is -4.39. The van der Waals surface area contributed by atoms with E-state index in [0.717, 1.165) is 11.1 Å². The number of para-hydroxylation sites is 1. The number of nitro groups is 1. The van der Waals surface area contributed by atoms with Crippen molar-refractivity contribution in [1.82, 2.24) is 4.98 Å². The van der Waals surface area contributed by atoms with E-state index in [1.54, 1.807) is 19.1 Å². The molecule has 0 spiro atoms. The van der Waals surface area contributed by atoms with Crippen LogP contribution in [0.3, 0.4) is 0 Å². The first kappa shape index (κ1) is 21.8. The number of carbonyl (C=O) groups is 2. The van der Waals surface area contributed by atoms with Gasteiger partial charge in [-0.25, -0.2) is 9.78 Å². The van der Waals surface area contributed by atoms with Crippen molar-refractivity contribution in [3.8, 4) is 11.3 Å². The zero-order valence-electron chi connectivity index (χ0n) is 18.1. The zero-order valence-corrected chi connectivity index (χ0v) is 18.1. The number of hydrogen-bond donors (Lipinski definition) is 0. The molecule has 0 bridgehead atoms. The van der Waals surface area contributed by atoms with Crippen molar-refractivity contribution in [3.63, 3.8) is 0 Å². The van der Waals surface area contributed by atoms with E-state index in [-0.39, 0.29) is 11.3 Å². The molecular weight excluding hydrogens is 420 g/mol. The Morgan fingerprint density at radius 1 is 0.970 bits per heavy atom. The molecule has 0 aliphatic heterocycles. The van der Waals surface area contributed by atoms with Gasteiger partial charge in [-0.2, -0.15) is 0 Å². The number of ketones is 1. The second-order valence-electron chi connectivity index (χ2n) is 7.65. The number of nitro benzene ring substituents is 1. The monoisotopic (exact) mass is 440 g/mol. The summed E-state index contributed by atoms with van der Waals surface area (Å²) in [6.45, 7) is 3.26. The first-order valence-corrected chi connectivity index (χ1v) is 10.3. The number of benzene rings is 3. The summed E-state index contributed by atoms with van der Waals surface area (Å²) in [5.74, 6) is -1.18. The molecule has 164 valence electrons. The maximum Gasteiger partial charge on any atom is 0.339 e. The number of fused-ring (bicyclic) bond motifs is 1. The van der Waals surface area contributed by atoms with Crippen LogP contribution in [0.5, 0.6) is 0 Å².